The van der Waals surface area contributed by atoms with Crippen molar-refractivity contribution >= 4 is 30.1 Å². The molecular weight excluding hydrogens is 222 g/mol. The fraction of sp³-hybridized carbons (Fsp3) is 0.889. The molecule has 0 amide bonds. The molecule has 0 aliphatic rings. The standard InChI is InChI=1S/C9H19NO2S.ClH/c1-3-4-5-9(10,8(11)12)6-7-13-2;/h3-7,10H2,1-2H3,(H,11,12);1H/t9-;/m0./s1. The lowest BCUT2D eigenvalue weighted by molar-refractivity contribution is -0.143. The van der Waals surface area contributed by atoms with E-state index < -0.39 is 11.5 Å². The van der Waals surface area contributed by atoms with Gasteiger partial charge in [-0.1, -0.05) is 19.8 Å². The molecule has 3 nitrogen and oxygen atoms in total. The summed E-state index contributed by atoms with van der Waals surface area (Å²) in [6.07, 6.45) is 4.98. The number of aliphatic carboxylic acids is 1. The quantitative estimate of drug-likeness (QED) is 0.717. The molecule has 3 N–H and O–H groups in total. The highest BCUT2D eigenvalue weighted by atomic mass is 35.5. The molecular formula is C9H20ClNO2S. The van der Waals surface area contributed by atoms with Gasteiger partial charge in [-0.05, 0) is 24.9 Å². The average molecular weight is 242 g/mol. The first kappa shape index (κ1) is 16.5. The van der Waals surface area contributed by atoms with Crippen LogP contribution in [-0.2, 0) is 4.79 Å². The Labute approximate surface area is 96.2 Å². The number of unbranched alkanes of at least 4 members (excludes halogenated alkanes) is 1. The molecule has 14 heavy (non-hydrogen) atoms. The van der Waals surface area contributed by atoms with Gasteiger partial charge in [0.25, 0.3) is 0 Å². The zero-order valence-corrected chi connectivity index (χ0v) is 10.4. The van der Waals surface area contributed by atoms with Crippen LogP contribution in [0, 0.1) is 0 Å². The molecule has 0 aliphatic heterocycles. The van der Waals surface area contributed by atoms with Gasteiger partial charge in [0.1, 0.15) is 5.54 Å². The lowest BCUT2D eigenvalue weighted by atomic mass is 9.91. The molecule has 0 saturated carbocycles. The summed E-state index contributed by atoms with van der Waals surface area (Å²) in [4.78, 5) is 10.9. The van der Waals surface area contributed by atoms with E-state index in [9.17, 15) is 4.79 Å². The van der Waals surface area contributed by atoms with Crippen LogP contribution in [-0.4, -0.2) is 28.6 Å². The minimum atomic E-state index is -1.00. The topological polar surface area (TPSA) is 63.3 Å². The molecule has 0 aromatic heterocycles. The van der Waals surface area contributed by atoms with Gasteiger partial charge in [0.2, 0.25) is 0 Å². The van der Waals surface area contributed by atoms with Crippen LogP contribution in [0.3, 0.4) is 0 Å². The molecule has 0 unspecified atom stereocenters. The van der Waals surface area contributed by atoms with Gasteiger partial charge < -0.3 is 10.8 Å². The van der Waals surface area contributed by atoms with Crippen LogP contribution in [0.2, 0.25) is 0 Å². The van der Waals surface area contributed by atoms with E-state index in [0.29, 0.717) is 12.8 Å². The first-order valence-corrected chi connectivity index (χ1v) is 5.97. The van der Waals surface area contributed by atoms with Crippen LogP contribution in [0.4, 0.5) is 0 Å². The Hall–Kier alpha value is 0.0700. The highest BCUT2D eigenvalue weighted by Crippen LogP contribution is 2.18. The summed E-state index contributed by atoms with van der Waals surface area (Å²) in [7, 11) is 0. The number of nitrogens with two attached hydrogens (primary N) is 1. The predicted octanol–water partition coefficient (Wildman–Crippen LogP) is 2.13. The van der Waals surface area contributed by atoms with E-state index in [1.54, 1.807) is 11.8 Å². The first-order valence-electron chi connectivity index (χ1n) is 4.58. The van der Waals surface area contributed by atoms with Crippen molar-refractivity contribution in [3.8, 4) is 0 Å². The summed E-state index contributed by atoms with van der Waals surface area (Å²) in [5.41, 5.74) is 4.80. The molecule has 0 spiro atoms. The minimum absolute atomic E-state index is 0. The van der Waals surface area contributed by atoms with Gasteiger partial charge in [0.15, 0.2) is 0 Å². The van der Waals surface area contributed by atoms with Gasteiger partial charge in [-0.15, -0.1) is 12.4 Å². The van der Waals surface area contributed by atoms with E-state index in [4.69, 9.17) is 10.8 Å². The summed E-state index contributed by atoms with van der Waals surface area (Å²) in [5.74, 6) is -0.0537. The summed E-state index contributed by atoms with van der Waals surface area (Å²) in [6.45, 7) is 2.04. The number of hydrogen-bond donors (Lipinski definition) is 2. The van der Waals surface area contributed by atoms with E-state index in [1.807, 2.05) is 13.2 Å². The summed E-state index contributed by atoms with van der Waals surface area (Å²) in [5, 5.41) is 8.95. The van der Waals surface area contributed by atoms with Gasteiger partial charge in [0.05, 0.1) is 0 Å². The normalized spacial score (nSPS) is 14.2. The molecule has 1 atom stereocenters. The molecule has 0 radical (unpaired) electrons. The van der Waals surface area contributed by atoms with Gasteiger partial charge in [-0.25, -0.2) is 0 Å². The average Bonchev–Trinajstić information content (AvgIpc) is 2.11. The Morgan fingerprint density at radius 3 is 2.43 bits per heavy atom. The Morgan fingerprint density at radius 1 is 1.50 bits per heavy atom. The van der Waals surface area contributed by atoms with Crippen molar-refractivity contribution in [3.63, 3.8) is 0 Å². The summed E-state index contributed by atoms with van der Waals surface area (Å²) >= 11 is 1.64. The second kappa shape index (κ2) is 8.38. The second-order valence-corrected chi connectivity index (χ2v) is 4.29. The maximum atomic E-state index is 10.9. The molecule has 0 aromatic carbocycles. The lowest BCUT2D eigenvalue weighted by Crippen LogP contribution is -2.48. The van der Waals surface area contributed by atoms with Crippen LogP contribution in [0.1, 0.15) is 32.6 Å². The van der Waals surface area contributed by atoms with Crippen molar-refractivity contribution < 1.29 is 9.90 Å². The lowest BCUT2D eigenvalue weighted by Gasteiger charge is -2.23. The second-order valence-electron chi connectivity index (χ2n) is 3.31. The number of carboxylic acids is 1. The summed E-state index contributed by atoms with van der Waals surface area (Å²) < 4.78 is 0. The number of hydrogen-bond acceptors (Lipinski definition) is 3. The molecule has 0 rings (SSSR count). The molecule has 0 fully saturated rings. The van der Waals surface area contributed by atoms with Crippen molar-refractivity contribution in [3.05, 3.63) is 0 Å². The number of rotatable bonds is 7. The zero-order chi connectivity index (χ0) is 10.3. The SMILES string of the molecule is CCCC[C@](N)(CCSC)C(=O)O.Cl. The van der Waals surface area contributed by atoms with Crippen LogP contribution in [0.15, 0.2) is 0 Å². The highest BCUT2D eigenvalue weighted by molar-refractivity contribution is 7.98. The monoisotopic (exact) mass is 241 g/mol. The van der Waals surface area contributed by atoms with Gasteiger partial charge in [-0.3, -0.25) is 4.79 Å². The van der Waals surface area contributed by atoms with E-state index in [2.05, 4.69) is 0 Å². The van der Waals surface area contributed by atoms with Gasteiger partial charge in [-0.2, -0.15) is 11.8 Å². The van der Waals surface area contributed by atoms with Crippen molar-refractivity contribution in [2.75, 3.05) is 12.0 Å². The zero-order valence-electron chi connectivity index (χ0n) is 8.78. The Kier molecular flexibility index (Phi) is 9.88. The van der Waals surface area contributed by atoms with E-state index in [1.165, 1.54) is 0 Å². The fourth-order valence-corrected chi connectivity index (χ4v) is 1.68. The maximum Gasteiger partial charge on any atom is 0.323 e. The van der Waals surface area contributed by atoms with Crippen LogP contribution in [0.25, 0.3) is 0 Å². The van der Waals surface area contributed by atoms with Crippen LogP contribution < -0.4 is 5.73 Å². The molecule has 0 aliphatic carbocycles. The Morgan fingerprint density at radius 2 is 2.07 bits per heavy atom. The van der Waals surface area contributed by atoms with Crippen molar-refractivity contribution in [2.24, 2.45) is 5.73 Å². The number of thioether (sulfide) groups is 1. The summed E-state index contributed by atoms with van der Waals surface area (Å²) in [6, 6.07) is 0. The molecule has 0 aromatic rings. The van der Waals surface area contributed by atoms with Crippen molar-refractivity contribution in [1.82, 2.24) is 0 Å². The Balaban J connectivity index is 0. The van der Waals surface area contributed by atoms with Crippen molar-refractivity contribution in [2.45, 2.75) is 38.1 Å². The maximum absolute atomic E-state index is 10.9. The van der Waals surface area contributed by atoms with Crippen LogP contribution >= 0.6 is 24.2 Å². The fourth-order valence-electron chi connectivity index (χ4n) is 1.12. The first-order chi connectivity index (χ1) is 6.06. The van der Waals surface area contributed by atoms with E-state index in [0.717, 1.165) is 18.6 Å². The number of halogens is 1. The molecule has 86 valence electrons. The van der Waals surface area contributed by atoms with E-state index in [-0.39, 0.29) is 12.4 Å². The molecule has 5 heteroatoms. The number of carboxylic acid groups (broad SMARTS) is 1. The minimum Gasteiger partial charge on any atom is -0.480 e. The smallest absolute Gasteiger partial charge is 0.323 e. The molecule has 0 bridgehead atoms. The predicted molar refractivity (Wildman–Crippen MR) is 64.3 cm³/mol. The third-order valence-corrected chi connectivity index (χ3v) is 2.77. The largest absolute Gasteiger partial charge is 0.480 e. The molecule has 0 heterocycles. The van der Waals surface area contributed by atoms with Gasteiger partial charge in [0, 0.05) is 0 Å². The highest BCUT2D eigenvalue weighted by Gasteiger charge is 2.32. The third kappa shape index (κ3) is 5.73. The number of carbonyl (C=O) groups is 1. The van der Waals surface area contributed by atoms with Gasteiger partial charge >= 0.3 is 5.97 Å². The Bertz CT molecular complexity index is 159. The molecule has 0 saturated heterocycles. The van der Waals surface area contributed by atoms with Crippen LogP contribution in [0.5, 0.6) is 0 Å². The van der Waals surface area contributed by atoms with E-state index >= 15 is 0 Å². The third-order valence-electron chi connectivity index (χ3n) is 2.15. The van der Waals surface area contributed by atoms with Crippen molar-refractivity contribution in [1.29, 1.82) is 0 Å².